The fourth-order valence-corrected chi connectivity index (χ4v) is 3.33. The zero-order valence-electron chi connectivity index (χ0n) is 15.1. The van der Waals surface area contributed by atoms with E-state index in [1.54, 1.807) is 29.2 Å². The summed E-state index contributed by atoms with van der Waals surface area (Å²) in [4.78, 5) is 38.5. The second kappa shape index (κ2) is 8.31. The summed E-state index contributed by atoms with van der Waals surface area (Å²) >= 11 is 0. The average Bonchev–Trinajstić information content (AvgIpc) is 3.18. The van der Waals surface area contributed by atoms with Crippen LogP contribution in [0, 0.1) is 0 Å². The molecule has 3 rings (SSSR count). The average molecular weight is 362 g/mol. The zero-order chi connectivity index (χ0) is 18.5. The first-order valence-electron chi connectivity index (χ1n) is 8.98. The van der Waals surface area contributed by atoms with Gasteiger partial charge in [0.05, 0.1) is 19.3 Å². The van der Waals surface area contributed by atoms with Crippen LogP contribution in [0.5, 0.6) is 0 Å². The molecule has 2 fully saturated rings. The number of urea groups is 1. The first-order valence-corrected chi connectivity index (χ1v) is 8.98. The molecule has 0 bridgehead atoms. The van der Waals surface area contributed by atoms with Crippen molar-refractivity contribution in [2.75, 3.05) is 45.6 Å². The Hall–Kier alpha value is -2.42. The van der Waals surface area contributed by atoms with Crippen molar-refractivity contribution >= 4 is 17.9 Å². The van der Waals surface area contributed by atoms with E-state index in [9.17, 15) is 9.59 Å². The fraction of sp³-hybridized carbons (Fsp3) is 0.647. The molecular weight excluding hydrogens is 336 g/mol. The third-order valence-electron chi connectivity index (χ3n) is 4.83. The van der Waals surface area contributed by atoms with Crippen molar-refractivity contribution in [2.45, 2.75) is 31.8 Å². The van der Waals surface area contributed by atoms with E-state index in [4.69, 9.17) is 10.5 Å². The lowest BCUT2D eigenvalue weighted by molar-refractivity contribution is -0.133. The summed E-state index contributed by atoms with van der Waals surface area (Å²) in [6.45, 7) is 3.43. The molecule has 0 aromatic carbocycles. The van der Waals surface area contributed by atoms with E-state index in [0.29, 0.717) is 26.3 Å². The molecule has 1 aromatic heterocycles. The number of carbonyl (C=O) groups excluding carboxylic acids is 2. The van der Waals surface area contributed by atoms with Crippen LogP contribution in [0.3, 0.4) is 0 Å². The second-order valence-electron chi connectivity index (χ2n) is 6.80. The number of hydrogen-bond acceptors (Lipinski definition) is 6. The Morgan fingerprint density at radius 3 is 2.65 bits per heavy atom. The molecule has 142 valence electrons. The van der Waals surface area contributed by atoms with Crippen LogP contribution < -0.4 is 5.73 Å². The summed E-state index contributed by atoms with van der Waals surface area (Å²) in [6.07, 6.45) is 5.56. The number of ether oxygens (including phenoxy) is 1. The third-order valence-corrected chi connectivity index (χ3v) is 4.83. The standard InChI is InChI=1S/C17H26N6O3/c1-21(11-13-9-19-16(18)20-10-13)15(24)8-14-12-26-7-6-23(14)17(25)22-4-2-3-5-22/h9-10,14H,2-8,11-12H2,1H3,(H2,18,19,20)/t14-/m0/s1. The Bertz CT molecular complexity index is 632. The van der Waals surface area contributed by atoms with Gasteiger partial charge in [-0.15, -0.1) is 0 Å². The number of aromatic nitrogens is 2. The highest BCUT2D eigenvalue weighted by atomic mass is 16.5. The van der Waals surface area contributed by atoms with Crippen molar-refractivity contribution in [3.8, 4) is 0 Å². The van der Waals surface area contributed by atoms with Crippen LogP contribution in [-0.4, -0.2) is 82.5 Å². The minimum absolute atomic E-state index is 0.0261. The highest BCUT2D eigenvalue weighted by molar-refractivity contribution is 5.79. The van der Waals surface area contributed by atoms with Gasteiger partial charge in [0.25, 0.3) is 0 Å². The van der Waals surface area contributed by atoms with E-state index in [1.165, 1.54) is 0 Å². The van der Waals surface area contributed by atoms with Gasteiger partial charge in [-0.3, -0.25) is 4.79 Å². The van der Waals surface area contributed by atoms with Crippen LogP contribution in [-0.2, 0) is 16.1 Å². The lowest BCUT2D eigenvalue weighted by atomic mass is 10.1. The topological polar surface area (TPSA) is 105 Å². The molecule has 1 atom stereocenters. The molecule has 1 aromatic rings. The molecule has 3 amide bonds. The fourth-order valence-electron chi connectivity index (χ4n) is 3.33. The molecule has 0 aliphatic carbocycles. The van der Waals surface area contributed by atoms with E-state index in [1.807, 2.05) is 4.90 Å². The number of anilines is 1. The number of likely N-dealkylation sites (tertiary alicyclic amines) is 1. The van der Waals surface area contributed by atoms with Gasteiger partial charge in [0, 0.05) is 57.6 Å². The predicted molar refractivity (Wildman–Crippen MR) is 95.1 cm³/mol. The molecule has 9 nitrogen and oxygen atoms in total. The van der Waals surface area contributed by atoms with Crippen LogP contribution >= 0.6 is 0 Å². The van der Waals surface area contributed by atoms with Crippen molar-refractivity contribution < 1.29 is 14.3 Å². The Balaban J connectivity index is 1.58. The minimum Gasteiger partial charge on any atom is -0.377 e. The Kier molecular flexibility index (Phi) is 5.87. The molecule has 0 unspecified atom stereocenters. The van der Waals surface area contributed by atoms with Crippen LogP contribution in [0.2, 0.25) is 0 Å². The number of nitrogens with zero attached hydrogens (tertiary/aromatic N) is 5. The van der Waals surface area contributed by atoms with E-state index in [0.717, 1.165) is 31.5 Å². The van der Waals surface area contributed by atoms with Crippen LogP contribution in [0.15, 0.2) is 12.4 Å². The molecule has 9 heteroatoms. The molecule has 0 spiro atoms. The van der Waals surface area contributed by atoms with Crippen LogP contribution in [0.1, 0.15) is 24.8 Å². The lowest BCUT2D eigenvalue weighted by Gasteiger charge is -2.38. The van der Waals surface area contributed by atoms with E-state index < -0.39 is 0 Å². The van der Waals surface area contributed by atoms with Gasteiger partial charge in [-0.1, -0.05) is 0 Å². The van der Waals surface area contributed by atoms with Gasteiger partial charge in [-0.05, 0) is 12.8 Å². The number of nitrogen functional groups attached to an aromatic ring is 1. The summed E-state index contributed by atoms with van der Waals surface area (Å²) < 4.78 is 5.52. The van der Waals surface area contributed by atoms with Gasteiger partial charge in [0.2, 0.25) is 11.9 Å². The molecule has 2 aliphatic rings. The van der Waals surface area contributed by atoms with E-state index in [-0.39, 0.29) is 30.3 Å². The maximum absolute atomic E-state index is 12.7. The van der Waals surface area contributed by atoms with Gasteiger partial charge in [0.1, 0.15) is 0 Å². The van der Waals surface area contributed by atoms with Gasteiger partial charge >= 0.3 is 6.03 Å². The van der Waals surface area contributed by atoms with Crippen LogP contribution in [0.25, 0.3) is 0 Å². The summed E-state index contributed by atoms with van der Waals surface area (Å²) in [5.74, 6) is 0.162. The molecule has 3 heterocycles. The SMILES string of the molecule is CN(Cc1cnc(N)nc1)C(=O)C[C@H]1COCCN1C(=O)N1CCCC1. The number of rotatable bonds is 4. The Labute approximate surface area is 153 Å². The number of hydrogen-bond donors (Lipinski definition) is 1. The third kappa shape index (κ3) is 4.40. The van der Waals surface area contributed by atoms with E-state index >= 15 is 0 Å². The molecular formula is C17H26N6O3. The second-order valence-corrected chi connectivity index (χ2v) is 6.80. The molecule has 0 radical (unpaired) electrons. The molecule has 0 saturated carbocycles. The molecule has 26 heavy (non-hydrogen) atoms. The summed E-state index contributed by atoms with van der Waals surface area (Å²) in [5, 5.41) is 0. The highest BCUT2D eigenvalue weighted by Gasteiger charge is 2.33. The zero-order valence-corrected chi connectivity index (χ0v) is 15.1. The van der Waals surface area contributed by atoms with Crippen molar-refractivity contribution in [3.63, 3.8) is 0 Å². The Morgan fingerprint density at radius 1 is 1.27 bits per heavy atom. The van der Waals surface area contributed by atoms with Crippen LogP contribution in [0.4, 0.5) is 10.7 Å². The highest BCUT2D eigenvalue weighted by Crippen LogP contribution is 2.18. The molecule has 2 saturated heterocycles. The van der Waals surface area contributed by atoms with Gasteiger partial charge in [0.15, 0.2) is 0 Å². The smallest absolute Gasteiger partial charge is 0.320 e. The summed E-state index contributed by atoms with van der Waals surface area (Å²) in [5.41, 5.74) is 6.28. The van der Waals surface area contributed by atoms with Crippen molar-refractivity contribution in [2.24, 2.45) is 0 Å². The van der Waals surface area contributed by atoms with Crippen molar-refractivity contribution in [1.29, 1.82) is 0 Å². The van der Waals surface area contributed by atoms with Gasteiger partial charge in [-0.2, -0.15) is 0 Å². The quantitative estimate of drug-likeness (QED) is 0.827. The number of morpholine rings is 1. The largest absolute Gasteiger partial charge is 0.377 e. The van der Waals surface area contributed by atoms with E-state index in [2.05, 4.69) is 9.97 Å². The molecule has 2 N–H and O–H groups in total. The normalized spacial score (nSPS) is 20.3. The summed E-state index contributed by atoms with van der Waals surface area (Å²) in [7, 11) is 1.73. The minimum atomic E-state index is -0.227. The monoisotopic (exact) mass is 362 g/mol. The van der Waals surface area contributed by atoms with Gasteiger partial charge in [-0.25, -0.2) is 14.8 Å². The maximum Gasteiger partial charge on any atom is 0.320 e. The van der Waals surface area contributed by atoms with Gasteiger partial charge < -0.3 is 25.2 Å². The number of amides is 3. The number of nitrogens with two attached hydrogens (primary N) is 1. The number of carbonyl (C=O) groups is 2. The van der Waals surface area contributed by atoms with Crippen molar-refractivity contribution in [1.82, 2.24) is 24.7 Å². The van der Waals surface area contributed by atoms with Crippen molar-refractivity contribution in [3.05, 3.63) is 18.0 Å². The summed E-state index contributed by atoms with van der Waals surface area (Å²) in [6, 6.07) is -0.201. The lowest BCUT2D eigenvalue weighted by Crippen LogP contribution is -2.54. The predicted octanol–water partition coefficient (Wildman–Crippen LogP) is 0.324. The first kappa shape index (κ1) is 18.4. The Morgan fingerprint density at radius 2 is 1.96 bits per heavy atom. The first-order chi connectivity index (χ1) is 12.5. The molecule has 2 aliphatic heterocycles. The maximum atomic E-state index is 12.7.